The van der Waals surface area contributed by atoms with E-state index in [0.717, 1.165) is 5.69 Å². The van der Waals surface area contributed by atoms with Crippen molar-refractivity contribution < 1.29 is 4.79 Å². The summed E-state index contributed by atoms with van der Waals surface area (Å²) >= 11 is 1.27. The van der Waals surface area contributed by atoms with Gasteiger partial charge in [0.2, 0.25) is 0 Å². The Hall–Kier alpha value is -0.700. The number of Topliss-reactive ketones (excluding diaryl/α,β-unsaturated/α-hetero) is 1. The molecule has 1 rings (SSSR count). The lowest BCUT2D eigenvalue weighted by molar-refractivity contribution is 0.104. The van der Waals surface area contributed by atoms with Crippen LogP contribution in [0.5, 0.6) is 0 Å². The van der Waals surface area contributed by atoms with Crippen LogP contribution >= 0.6 is 11.3 Å². The zero-order chi connectivity index (χ0) is 6.85. The first-order chi connectivity index (χ1) is 4.20. The van der Waals surface area contributed by atoms with Crippen molar-refractivity contribution in [1.82, 2.24) is 4.98 Å². The molecule has 9 heavy (non-hydrogen) atoms. The summed E-state index contributed by atoms with van der Waals surface area (Å²) in [7, 11) is 0. The smallest absolute Gasteiger partial charge is 0.195 e. The minimum atomic E-state index is -0.451. The zero-order valence-electron chi connectivity index (χ0n) is 4.92. The molecule has 0 aromatic carbocycles. The molecule has 0 atom stereocenters. The van der Waals surface area contributed by atoms with Gasteiger partial charge in [0.05, 0.1) is 0 Å². The van der Waals surface area contributed by atoms with Crippen LogP contribution in [0.3, 0.4) is 0 Å². The third-order valence-electron chi connectivity index (χ3n) is 0.830. The molecule has 0 unspecified atom stereocenters. The molecule has 46 valence electrons. The first-order valence-corrected chi connectivity index (χ1v) is 3.30. The van der Waals surface area contributed by atoms with E-state index in [1.165, 1.54) is 11.3 Å². The SMILES string of the molecule is [CH]C(=O)c1nc(C)cs1. The van der Waals surface area contributed by atoms with Gasteiger partial charge in [-0.25, -0.2) is 4.98 Å². The number of thiazole rings is 1. The number of aromatic nitrogens is 1. The van der Waals surface area contributed by atoms with Crippen LogP contribution in [-0.2, 0) is 0 Å². The second-order valence-electron chi connectivity index (χ2n) is 1.66. The molecule has 0 bridgehead atoms. The summed E-state index contributed by atoms with van der Waals surface area (Å²) in [5, 5.41) is 2.17. The van der Waals surface area contributed by atoms with E-state index in [-0.39, 0.29) is 0 Å². The molecule has 0 saturated heterocycles. The van der Waals surface area contributed by atoms with E-state index in [2.05, 4.69) is 4.98 Å². The summed E-state index contributed by atoms with van der Waals surface area (Å²) in [5.41, 5.74) is 0.841. The van der Waals surface area contributed by atoms with Gasteiger partial charge in [0, 0.05) is 18.0 Å². The topological polar surface area (TPSA) is 30.0 Å². The zero-order valence-corrected chi connectivity index (χ0v) is 5.73. The number of ketones is 1. The van der Waals surface area contributed by atoms with Gasteiger partial charge in [-0.1, -0.05) is 0 Å². The highest BCUT2D eigenvalue weighted by molar-refractivity contribution is 7.11. The number of rotatable bonds is 1. The lowest BCUT2D eigenvalue weighted by Crippen LogP contribution is -1.89. The van der Waals surface area contributed by atoms with Crippen molar-refractivity contribution >= 4 is 17.1 Å². The van der Waals surface area contributed by atoms with Crippen molar-refractivity contribution in [3.05, 3.63) is 23.0 Å². The van der Waals surface area contributed by atoms with Crippen LogP contribution < -0.4 is 0 Å². The molecule has 1 heterocycles. The van der Waals surface area contributed by atoms with Gasteiger partial charge >= 0.3 is 0 Å². The molecule has 2 nitrogen and oxygen atoms in total. The fourth-order valence-electron chi connectivity index (χ4n) is 0.467. The largest absolute Gasteiger partial charge is 0.291 e. The van der Waals surface area contributed by atoms with Crippen molar-refractivity contribution in [2.75, 3.05) is 0 Å². The number of carbonyl (C=O) groups excluding carboxylic acids is 1. The third kappa shape index (κ3) is 1.36. The molecule has 0 amide bonds. The minimum Gasteiger partial charge on any atom is -0.291 e. The highest BCUT2D eigenvalue weighted by Gasteiger charge is 2.01. The van der Waals surface area contributed by atoms with Crippen LogP contribution in [0.1, 0.15) is 15.5 Å². The number of nitrogens with zero attached hydrogens (tertiary/aromatic N) is 1. The van der Waals surface area contributed by atoms with E-state index < -0.39 is 5.78 Å². The predicted octanol–water partition coefficient (Wildman–Crippen LogP) is 1.35. The van der Waals surface area contributed by atoms with Gasteiger partial charge in [0.25, 0.3) is 0 Å². The second kappa shape index (κ2) is 2.27. The Balaban J connectivity index is 2.98. The Kier molecular flexibility index (Phi) is 1.62. The summed E-state index contributed by atoms with van der Waals surface area (Å²) in [5.74, 6) is -0.451. The lowest BCUT2D eigenvalue weighted by atomic mass is 10.5. The summed E-state index contributed by atoms with van der Waals surface area (Å²) < 4.78 is 0. The van der Waals surface area contributed by atoms with Crippen molar-refractivity contribution in [3.8, 4) is 0 Å². The van der Waals surface area contributed by atoms with Crippen LogP contribution in [0.15, 0.2) is 5.38 Å². The molecule has 1 aromatic heterocycles. The van der Waals surface area contributed by atoms with E-state index in [0.29, 0.717) is 5.01 Å². The van der Waals surface area contributed by atoms with E-state index >= 15 is 0 Å². The number of hydrogen-bond donors (Lipinski definition) is 0. The van der Waals surface area contributed by atoms with Crippen molar-refractivity contribution in [2.24, 2.45) is 0 Å². The molecule has 0 fully saturated rings. The van der Waals surface area contributed by atoms with Crippen LogP contribution in [-0.4, -0.2) is 10.8 Å². The molecule has 0 N–H and O–H groups in total. The number of carbonyl (C=O) groups is 1. The van der Waals surface area contributed by atoms with Crippen LogP contribution in [0.2, 0.25) is 0 Å². The molecular weight excluding hydrogens is 134 g/mol. The average Bonchev–Trinajstić information content (AvgIpc) is 2.14. The van der Waals surface area contributed by atoms with Gasteiger partial charge in [-0.2, -0.15) is 0 Å². The molecule has 0 aliphatic heterocycles. The van der Waals surface area contributed by atoms with E-state index in [9.17, 15) is 4.79 Å². The lowest BCUT2D eigenvalue weighted by Gasteiger charge is -1.79. The highest BCUT2D eigenvalue weighted by atomic mass is 32.1. The van der Waals surface area contributed by atoms with Gasteiger partial charge in [0.1, 0.15) is 0 Å². The number of aryl methyl sites for hydroxylation is 1. The molecule has 3 heteroatoms. The molecule has 2 radical (unpaired) electrons. The van der Waals surface area contributed by atoms with Crippen LogP contribution in [0.4, 0.5) is 0 Å². The first-order valence-electron chi connectivity index (χ1n) is 2.42. The van der Waals surface area contributed by atoms with E-state index in [1.54, 1.807) is 5.38 Å². The maximum absolute atomic E-state index is 10.4. The van der Waals surface area contributed by atoms with Gasteiger partial charge in [-0.05, 0) is 6.92 Å². The van der Waals surface area contributed by atoms with Gasteiger partial charge in [0.15, 0.2) is 10.8 Å². The minimum absolute atomic E-state index is 0.382. The number of hydrogen-bond acceptors (Lipinski definition) is 3. The Morgan fingerprint density at radius 1 is 1.89 bits per heavy atom. The first kappa shape index (κ1) is 6.42. The van der Waals surface area contributed by atoms with E-state index in [1.807, 2.05) is 6.92 Å². The fraction of sp³-hybridized carbons (Fsp3) is 0.167. The molecule has 0 aliphatic carbocycles. The third-order valence-corrected chi connectivity index (χ3v) is 1.80. The Morgan fingerprint density at radius 3 is 2.78 bits per heavy atom. The Morgan fingerprint density at radius 2 is 2.56 bits per heavy atom. The van der Waals surface area contributed by atoms with Crippen molar-refractivity contribution in [3.63, 3.8) is 0 Å². The summed E-state index contributed by atoms with van der Waals surface area (Å²) in [6.45, 7) is 6.76. The standard InChI is InChI=1S/C6H5NOS/c1-4-3-9-6(7-4)5(2)8/h2-3H,1H3. The predicted molar refractivity (Wildman–Crippen MR) is 35.5 cm³/mol. The van der Waals surface area contributed by atoms with E-state index in [4.69, 9.17) is 6.92 Å². The Labute approximate surface area is 57.5 Å². The monoisotopic (exact) mass is 139 g/mol. The van der Waals surface area contributed by atoms with Crippen LogP contribution in [0.25, 0.3) is 0 Å². The fourth-order valence-corrected chi connectivity index (χ4v) is 1.11. The molecule has 1 aromatic rings. The molecule has 0 saturated carbocycles. The maximum Gasteiger partial charge on any atom is 0.195 e. The second-order valence-corrected chi connectivity index (χ2v) is 2.52. The summed E-state index contributed by atoms with van der Waals surface area (Å²) in [6.07, 6.45) is 0. The molecular formula is C6H5NOS. The normalized spacial score (nSPS) is 9.56. The summed E-state index contributed by atoms with van der Waals surface area (Å²) in [6, 6.07) is 0. The van der Waals surface area contributed by atoms with Gasteiger partial charge in [-0.3, -0.25) is 4.79 Å². The highest BCUT2D eigenvalue weighted by Crippen LogP contribution is 2.07. The van der Waals surface area contributed by atoms with Crippen molar-refractivity contribution in [1.29, 1.82) is 0 Å². The van der Waals surface area contributed by atoms with Crippen LogP contribution in [0, 0.1) is 13.8 Å². The maximum atomic E-state index is 10.4. The average molecular weight is 139 g/mol. The van der Waals surface area contributed by atoms with Gasteiger partial charge in [-0.15, -0.1) is 11.3 Å². The summed E-state index contributed by atoms with van der Waals surface area (Å²) in [4.78, 5) is 14.2. The Bertz CT molecular complexity index is 229. The molecule has 0 aliphatic rings. The van der Waals surface area contributed by atoms with Crippen molar-refractivity contribution in [2.45, 2.75) is 6.92 Å². The van der Waals surface area contributed by atoms with Gasteiger partial charge < -0.3 is 0 Å². The quantitative estimate of drug-likeness (QED) is 0.549. The molecule has 0 spiro atoms.